The first-order chi connectivity index (χ1) is 17.8. The fraction of sp³-hybridized carbons (Fsp3) is 0.231. The van der Waals surface area contributed by atoms with Crippen molar-refractivity contribution in [2.45, 2.75) is 12.8 Å². The number of aryl methyl sites for hydroxylation is 1. The number of oxime groups is 1. The minimum Gasteiger partial charge on any atom is -0.392 e. The van der Waals surface area contributed by atoms with Gasteiger partial charge < -0.3 is 15.1 Å². The highest BCUT2D eigenvalue weighted by Gasteiger charge is 2.35. The molecule has 1 aliphatic heterocycles. The second kappa shape index (κ2) is 13.1. The Hall–Kier alpha value is -4.31. The number of benzene rings is 2. The summed E-state index contributed by atoms with van der Waals surface area (Å²) in [5.74, 6) is -0.567. The molecule has 0 aromatic heterocycles. The number of likely N-dealkylation sites (N-methyl/N-ethyl adjacent to an activating group) is 1. The molecule has 4 amide bonds. The third kappa shape index (κ3) is 7.34. The number of rotatable bonds is 11. The minimum atomic E-state index is -0.554. The Morgan fingerprint density at radius 3 is 2.38 bits per heavy atom. The maximum atomic E-state index is 12.6. The first-order valence-electron chi connectivity index (χ1n) is 11.4. The summed E-state index contributed by atoms with van der Waals surface area (Å²) in [5.41, 5.74) is 1.72. The molecule has 2 aromatic rings. The molecule has 0 unspecified atom stereocenters. The molecule has 1 N–H and O–H groups in total. The van der Waals surface area contributed by atoms with Crippen molar-refractivity contribution >= 4 is 48.3 Å². The van der Waals surface area contributed by atoms with E-state index in [-0.39, 0.29) is 36.5 Å². The number of halogens is 1. The molecule has 0 fully saturated rings. The van der Waals surface area contributed by atoms with Crippen molar-refractivity contribution in [1.82, 2.24) is 15.1 Å². The van der Waals surface area contributed by atoms with Gasteiger partial charge in [-0.15, -0.1) is 0 Å². The summed E-state index contributed by atoms with van der Waals surface area (Å²) in [4.78, 5) is 60.3. The Balaban J connectivity index is 1.47. The molecule has 0 saturated carbocycles. The Morgan fingerprint density at radius 2 is 1.78 bits per heavy atom. The minimum absolute atomic E-state index is 0.0784. The second-order valence-corrected chi connectivity index (χ2v) is 8.48. The Morgan fingerprint density at radius 1 is 1.14 bits per heavy atom. The van der Waals surface area contributed by atoms with E-state index in [1.807, 2.05) is 24.3 Å². The molecule has 3 rings (SSSR count). The van der Waals surface area contributed by atoms with Crippen LogP contribution in [0.15, 0.2) is 70.5 Å². The fourth-order valence-corrected chi connectivity index (χ4v) is 3.59. The SMILES string of the molecule is C=N/C(CCc1ccc(Cl)cc1)=N\OCCN(C)C(=O)N/C(=C\C=O)CN1C(=O)c2ccccc2C1=O. The van der Waals surface area contributed by atoms with Gasteiger partial charge in [0, 0.05) is 24.2 Å². The number of amidine groups is 1. The van der Waals surface area contributed by atoms with Crippen LogP contribution in [0.3, 0.4) is 0 Å². The van der Waals surface area contributed by atoms with Crippen molar-refractivity contribution in [2.75, 3.05) is 26.7 Å². The molecular weight excluding hydrogens is 498 g/mol. The van der Waals surface area contributed by atoms with Crippen molar-refractivity contribution in [3.8, 4) is 0 Å². The van der Waals surface area contributed by atoms with Crippen LogP contribution < -0.4 is 5.32 Å². The molecule has 0 atom stereocenters. The summed E-state index contributed by atoms with van der Waals surface area (Å²) in [6, 6.07) is 13.3. The smallest absolute Gasteiger partial charge is 0.321 e. The molecule has 11 heteroatoms. The van der Waals surface area contributed by atoms with Crippen molar-refractivity contribution in [1.29, 1.82) is 0 Å². The number of imide groups is 1. The molecule has 37 heavy (non-hydrogen) atoms. The van der Waals surface area contributed by atoms with Crippen LogP contribution in [0, 0.1) is 0 Å². The van der Waals surface area contributed by atoms with Gasteiger partial charge in [-0.05, 0) is 49.0 Å². The number of hydrogen-bond donors (Lipinski definition) is 1. The van der Waals surface area contributed by atoms with Gasteiger partial charge in [0.2, 0.25) is 0 Å². The predicted molar refractivity (Wildman–Crippen MR) is 140 cm³/mol. The second-order valence-electron chi connectivity index (χ2n) is 8.05. The molecule has 0 aliphatic carbocycles. The van der Waals surface area contributed by atoms with E-state index in [9.17, 15) is 19.2 Å². The van der Waals surface area contributed by atoms with Crippen LogP contribution in [-0.2, 0) is 16.1 Å². The molecule has 0 spiro atoms. The quantitative estimate of drug-likeness (QED) is 0.0921. The third-order valence-electron chi connectivity index (χ3n) is 5.51. The van der Waals surface area contributed by atoms with Gasteiger partial charge in [0.1, 0.15) is 12.9 Å². The Labute approximate surface area is 219 Å². The van der Waals surface area contributed by atoms with Crippen LogP contribution in [0.1, 0.15) is 32.7 Å². The molecular formula is C26H26ClN5O5. The highest BCUT2D eigenvalue weighted by atomic mass is 35.5. The first-order valence-corrected chi connectivity index (χ1v) is 11.7. The van der Waals surface area contributed by atoms with Gasteiger partial charge in [-0.25, -0.2) is 9.79 Å². The van der Waals surface area contributed by atoms with Crippen LogP contribution in [0.2, 0.25) is 5.02 Å². The number of nitrogens with zero attached hydrogens (tertiary/aromatic N) is 4. The molecule has 10 nitrogen and oxygen atoms in total. The Kier molecular flexibility index (Phi) is 9.68. The largest absolute Gasteiger partial charge is 0.392 e. The zero-order valence-electron chi connectivity index (χ0n) is 20.2. The van der Waals surface area contributed by atoms with E-state index in [1.165, 1.54) is 11.9 Å². The average molecular weight is 524 g/mol. The summed E-state index contributed by atoms with van der Waals surface area (Å²) < 4.78 is 0. The van der Waals surface area contributed by atoms with E-state index in [0.717, 1.165) is 16.5 Å². The van der Waals surface area contributed by atoms with Crippen molar-refractivity contribution < 1.29 is 24.0 Å². The summed E-state index contributed by atoms with van der Waals surface area (Å²) in [5, 5.41) is 7.18. The predicted octanol–water partition coefficient (Wildman–Crippen LogP) is 3.32. The number of aliphatic imine (C=N–C) groups is 1. The van der Waals surface area contributed by atoms with Crippen LogP contribution in [0.25, 0.3) is 0 Å². The first kappa shape index (κ1) is 27.3. The van der Waals surface area contributed by atoms with Gasteiger partial charge in [-0.1, -0.05) is 41.0 Å². The highest BCUT2D eigenvalue weighted by molar-refractivity contribution is 6.30. The van der Waals surface area contributed by atoms with Gasteiger partial charge in [-0.3, -0.25) is 19.3 Å². The monoisotopic (exact) mass is 523 g/mol. The standard InChI is InChI=1S/C26H26ClN5O5/c1-28-23(12-9-18-7-10-19(27)11-8-18)30-37-16-14-31(2)26(36)29-20(13-15-33)17-32-24(34)21-5-3-4-6-22(21)25(32)35/h3-8,10-11,13,15H,1,9,12,14,16-17H2,2H3,(H,29,36)/b20-13-,30-23-. The lowest BCUT2D eigenvalue weighted by atomic mass is 10.1. The molecule has 0 saturated heterocycles. The van der Waals surface area contributed by atoms with Crippen LogP contribution in [0.4, 0.5) is 4.79 Å². The lowest BCUT2D eigenvalue weighted by Gasteiger charge is -2.21. The number of allylic oxidation sites excluding steroid dienone is 1. The maximum absolute atomic E-state index is 12.6. The number of nitrogens with one attached hydrogen (secondary N) is 1. The molecule has 1 heterocycles. The lowest BCUT2D eigenvalue weighted by molar-refractivity contribution is -0.104. The number of fused-ring (bicyclic) bond motifs is 1. The molecule has 0 bridgehead atoms. The van der Waals surface area contributed by atoms with E-state index >= 15 is 0 Å². The van der Waals surface area contributed by atoms with E-state index in [4.69, 9.17) is 16.4 Å². The lowest BCUT2D eigenvalue weighted by Crippen LogP contribution is -2.42. The molecule has 1 aliphatic rings. The van der Waals surface area contributed by atoms with Gasteiger partial charge in [0.25, 0.3) is 11.8 Å². The number of carbonyl (C=O) groups excluding carboxylic acids is 4. The van der Waals surface area contributed by atoms with Gasteiger partial charge in [0.15, 0.2) is 5.84 Å². The van der Waals surface area contributed by atoms with Gasteiger partial charge >= 0.3 is 6.03 Å². The van der Waals surface area contributed by atoms with E-state index in [2.05, 4.69) is 22.2 Å². The van der Waals surface area contributed by atoms with Crippen LogP contribution in [0.5, 0.6) is 0 Å². The normalized spacial score (nSPS) is 13.3. The summed E-state index contributed by atoms with van der Waals surface area (Å²) in [6.45, 7) is 3.49. The van der Waals surface area contributed by atoms with Gasteiger partial charge in [-0.2, -0.15) is 0 Å². The summed E-state index contributed by atoms with van der Waals surface area (Å²) in [6.07, 6.45) is 2.76. The molecule has 0 radical (unpaired) electrons. The van der Waals surface area contributed by atoms with Crippen molar-refractivity contribution in [3.63, 3.8) is 0 Å². The van der Waals surface area contributed by atoms with Crippen molar-refractivity contribution in [3.05, 3.63) is 82.0 Å². The number of urea groups is 1. The average Bonchev–Trinajstić information content (AvgIpc) is 3.14. The maximum Gasteiger partial charge on any atom is 0.321 e. The zero-order valence-corrected chi connectivity index (χ0v) is 21.0. The molecule has 2 aromatic carbocycles. The number of aldehydes is 1. The summed E-state index contributed by atoms with van der Waals surface area (Å²) >= 11 is 5.89. The Bertz CT molecular complexity index is 1210. The van der Waals surface area contributed by atoms with E-state index in [0.29, 0.717) is 30.0 Å². The third-order valence-corrected chi connectivity index (χ3v) is 5.76. The van der Waals surface area contributed by atoms with Crippen molar-refractivity contribution in [2.24, 2.45) is 10.1 Å². The van der Waals surface area contributed by atoms with Gasteiger partial charge in [0.05, 0.1) is 24.2 Å². The topological polar surface area (TPSA) is 121 Å². The number of amides is 4. The molecule has 192 valence electrons. The fourth-order valence-electron chi connectivity index (χ4n) is 3.46. The number of hydrogen-bond acceptors (Lipinski definition) is 6. The van der Waals surface area contributed by atoms with E-state index < -0.39 is 17.8 Å². The summed E-state index contributed by atoms with van der Waals surface area (Å²) in [7, 11) is 1.52. The number of carbonyl (C=O) groups is 4. The zero-order chi connectivity index (χ0) is 26.8. The van der Waals surface area contributed by atoms with E-state index in [1.54, 1.807) is 24.3 Å². The highest BCUT2D eigenvalue weighted by Crippen LogP contribution is 2.22. The van der Waals surface area contributed by atoms with Crippen LogP contribution >= 0.6 is 11.6 Å². The van der Waals surface area contributed by atoms with Crippen LogP contribution in [-0.4, -0.2) is 73.2 Å².